The molecule has 4 aromatic rings. The molecule has 0 radical (unpaired) electrons. The first-order valence-electron chi connectivity index (χ1n) is 8.34. The number of H-pyrrole nitrogens is 2. The normalized spacial score (nSPS) is 11.1. The van der Waals surface area contributed by atoms with Crippen molar-refractivity contribution in [3.63, 3.8) is 0 Å². The molecule has 27 heavy (non-hydrogen) atoms. The van der Waals surface area contributed by atoms with Gasteiger partial charge in [0.2, 0.25) is 0 Å². The Hall–Kier alpha value is -2.57. The van der Waals surface area contributed by atoms with E-state index in [2.05, 4.69) is 15.2 Å². The fourth-order valence-electron chi connectivity index (χ4n) is 2.94. The van der Waals surface area contributed by atoms with Crippen LogP contribution in [-0.4, -0.2) is 29.4 Å². The van der Waals surface area contributed by atoms with Crippen molar-refractivity contribution in [2.45, 2.75) is 10.6 Å². The third kappa shape index (κ3) is 3.63. The van der Waals surface area contributed by atoms with Crippen molar-refractivity contribution in [1.29, 1.82) is 0 Å². The van der Waals surface area contributed by atoms with Crippen LogP contribution in [-0.2, 0) is 5.75 Å². The van der Waals surface area contributed by atoms with E-state index in [1.165, 1.54) is 0 Å². The number of aromatic amines is 2. The maximum Gasteiger partial charge on any atom is 0.128 e. The Labute approximate surface area is 166 Å². The number of rotatable bonds is 6. The summed E-state index contributed by atoms with van der Waals surface area (Å²) in [6.07, 6.45) is 2.00. The molecule has 2 heterocycles. The minimum absolute atomic E-state index is 0.733. The topological polar surface area (TPSA) is 62.9 Å². The smallest absolute Gasteiger partial charge is 0.128 e. The van der Waals surface area contributed by atoms with Crippen molar-refractivity contribution in [1.82, 2.24) is 15.2 Å². The van der Waals surface area contributed by atoms with Crippen molar-refractivity contribution < 1.29 is 9.47 Å². The zero-order chi connectivity index (χ0) is 18.8. The third-order valence-electron chi connectivity index (χ3n) is 4.31. The van der Waals surface area contributed by atoms with Gasteiger partial charge in [0.15, 0.2) is 0 Å². The lowest BCUT2D eigenvalue weighted by atomic mass is 10.1. The highest BCUT2D eigenvalue weighted by atomic mass is 35.5. The standard InChI is InChI=1S/C20H18ClN3O2S/c1-25-14-4-6-19(26-2)15(9-14)18-8-13(23-24-18)11-27-20-10-22-17-5-3-12(21)7-16(17)20/h3-10,22H,11H2,1-2H3,(H,23,24). The summed E-state index contributed by atoms with van der Waals surface area (Å²) in [5, 5.41) is 9.39. The van der Waals surface area contributed by atoms with Crippen LogP contribution < -0.4 is 9.47 Å². The van der Waals surface area contributed by atoms with E-state index in [0.717, 1.165) is 55.0 Å². The highest BCUT2D eigenvalue weighted by Crippen LogP contribution is 2.35. The van der Waals surface area contributed by atoms with Gasteiger partial charge in [-0.15, -0.1) is 11.8 Å². The van der Waals surface area contributed by atoms with Gasteiger partial charge < -0.3 is 14.5 Å². The summed E-state index contributed by atoms with van der Waals surface area (Å²) >= 11 is 7.84. The number of nitrogens with one attached hydrogen (secondary N) is 2. The molecule has 0 aliphatic rings. The molecule has 5 nitrogen and oxygen atoms in total. The average Bonchev–Trinajstić information content (AvgIpc) is 3.32. The van der Waals surface area contributed by atoms with Gasteiger partial charge in [-0.2, -0.15) is 5.10 Å². The Morgan fingerprint density at radius 1 is 1.07 bits per heavy atom. The number of fused-ring (bicyclic) bond motifs is 1. The van der Waals surface area contributed by atoms with Crippen molar-refractivity contribution in [3.8, 4) is 22.8 Å². The Morgan fingerprint density at radius 3 is 2.78 bits per heavy atom. The molecule has 4 rings (SSSR count). The van der Waals surface area contributed by atoms with Gasteiger partial charge in [-0.3, -0.25) is 5.10 Å². The number of hydrogen-bond acceptors (Lipinski definition) is 4. The molecule has 2 N–H and O–H groups in total. The number of nitrogens with zero attached hydrogens (tertiary/aromatic N) is 1. The van der Waals surface area contributed by atoms with Crippen LogP contribution in [0.2, 0.25) is 5.02 Å². The quantitative estimate of drug-likeness (QED) is 0.419. The molecule has 0 saturated heterocycles. The van der Waals surface area contributed by atoms with Crippen LogP contribution in [0.15, 0.2) is 53.6 Å². The zero-order valence-electron chi connectivity index (χ0n) is 14.9. The number of aromatic nitrogens is 3. The fourth-order valence-corrected chi connectivity index (χ4v) is 4.03. The number of ether oxygens (including phenoxy) is 2. The first-order chi connectivity index (χ1) is 13.2. The number of methoxy groups -OCH3 is 2. The van der Waals surface area contributed by atoms with Gasteiger partial charge >= 0.3 is 0 Å². The Bertz CT molecular complexity index is 1090. The van der Waals surface area contributed by atoms with Gasteiger partial charge in [0.25, 0.3) is 0 Å². The van der Waals surface area contributed by atoms with Gasteiger partial charge in [-0.1, -0.05) is 11.6 Å². The molecule has 0 spiro atoms. The highest BCUT2D eigenvalue weighted by molar-refractivity contribution is 7.98. The minimum atomic E-state index is 0.733. The molecule has 0 aliphatic heterocycles. The molecule has 138 valence electrons. The maximum absolute atomic E-state index is 6.13. The third-order valence-corrected chi connectivity index (χ3v) is 5.63. The molecule has 0 bridgehead atoms. The predicted octanol–water partition coefficient (Wildman–Crippen LogP) is 5.52. The molecular formula is C20H18ClN3O2S. The summed E-state index contributed by atoms with van der Waals surface area (Å²) < 4.78 is 10.8. The Kier molecular flexibility index (Phi) is 5.01. The van der Waals surface area contributed by atoms with Crippen molar-refractivity contribution in [3.05, 3.63) is 59.4 Å². The van der Waals surface area contributed by atoms with Crippen LogP contribution in [0.1, 0.15) is 5.69 Å². The molecule has 0 aliphatic carbocycles. The van der Waals surface area contributed by atoms with E-state index in [4.69, 9.17) is 21.1 Å². The van der Waals surface area contributed by atoms with E-state index in [1.54, 1.807) is 26.0 Å². The van der Waals surface area contributed by atoms with Gasteiger partial charge in [-0.05, 0) is 42.5 Å². The maximum atomic E-state index is 6.13. The summed E-state index contributed by atoms with van der Waals surface area (Å²) in [7, 11) is 3.30. The molecular weight excluding hydrogens is 382 g/mol. The molecule has 0 amide bonds. The van der Waals surface area contributed by atoms with Gasteiger partial charge in [0.05, 0.1) is 25.6 Å². The molecule has 0 atom stereocenters. The van der Waals surface area contributed by atoms with Gasteiger partial charge in [0, 0.05) is 38.3 Å². The first-order valence-corrected chi connectivity index (χ1v) is 9.70. The van der Waals surface area contributed by atoms with E-state index in [1.807, 2.05) is 48.7 Å². The summed E-state index contributed by atoms with van der Waals surface area (Å²) in [6, 6.07) is 13.6. The molecule has 2 aromatic heterocycles. The minimum Gasteiger partial charge on any atom is -0.497 e. The predicted molar refractivity (Wildman–Crippen MR) is 110 cm³/mol. The Morgan fingerprint density at radius 2 is 1.96 bits per heavy atom. The summed E-state index contributed by atoms with van der Waals surface area (Å²) in [6.45, 7) is 0. The second kappa shape index (κ2) is 7.58. The van der Waals surface area contributed by atoms with E-state index in [0.29, 0.717) is 0 Å². The lowest BCUT2D eigenvalue weighted by Gasteiger charge is -2.08. The van der Waals surface area contributed by atoms with Crippen LogP contribution in [0.4, 0.5) is 0 Å². The van der Waals surface area contributed by atoms with Gasteiger partial charge in [0.1, 0.15) is 11.5 Å². The van der Waals surface area contributed by atoms with Crippen molar-refractivity contribution in [2.24, 2.45) is 0 Å². The van der Waals surface area contributed by atoms with Crippen molar-refractivity contribution in [2.75, 3.05) is 14.2 Å². The van der Waals surface area contributed by atoms with Crippen LogP contribution in [0, 0.1) is 0 Å². The summed E-state index contributed by atoms with van der Waals surface area (Å²) in [5.74, 6) is 2.28. The zero-order valence-corrected chi connectivity index (χ0v) is 16.4. The second-order valence-electron chi connectivity index (χ2n) is 5.97. The number of halogens is 1. The Balaban J connectivity index is 1.55. The number of benzene rings is 2. The SMILES string of the molecule is COc1ccc(OC)c(-c2cc(CSc3c[nH]c4ccc(Cl)cc34)n[nH]2)c1. The van der Waals surface area contributed by atoms with Crippen LogP contribution in [0.3, 0.4) is 0 Å². The van der Waals surface area contributed by atoms with Crippen LogP contribution >= 0.6 is 23.4 Å². The average molecular weight is 400 g/mol. The number of hydrogen-bond donors (Lipinski definition) is 2. The molecule has 0 fully saturated rings. The van der Waals surface area contributed by atoms with E-state index in [-0.39, 0.29) is 0 Å². The summed E-state index contributed by atoms with van der Waals surface area (Å²) in [4.78, 5) is 4.42. The molecule has 2 aromatic carbocycles. The largest absolute Gasteiger partial charge is 0.497 e. The van der Waals surface area contributed by atoms with E-state index < -0.39 is 0 Å². The molecule has 7 heteroatoms. The lowest BCUT2D eigenvalue weighted by Crippen LogP contribution is -1.90. The fraction of sp³-hybridized carbons (Fsp3) is 0.150. The monoisotopic (exact) mass is 399 g/mol. The summed E-state index contributed by atoms with van der Waals surface area (Å²) in [5.41, 5.74) is 3.84. The first kappa shape index (κ1) is 17.8. The van der Waals surface area contributed by atoms with E-state index in [9.17, 15) is 0 Å². The highest BCUT2D eigenvalue weighted by Gasteiger charge is 2.12. The lowest BCUT2D eigenvalue weighted by molar-refractivity contribution is 0.404. The van der Waals surface area contributed by atoms with E-state index >= 15 is 0 Å². The molecule has 0 saturated carbocycles. The van der Waals surface area contributed by atoms with Gasteiger partial charge in [-0.25, -0.2) is 0 Å². The van der Waals surface area contributed by atoms with Crippen molar-refractivity contribution >= 4 is 34.3 Å². The number of thioether (sulfide) groups is 1. The molecule has 0 unspecified atom stereocenters. The van der Waals surface area contributed by atoms with Crippen LogP contribution in [0.25, 0.3) is 22.2 Å². The second-order valence-corrected chi connectivity index (χ2v) is 7.42. The van der Waals surface area contributed by atoms with Crippen LogP contribution in [0.5, 0.6) is 11.5 Å².